The van der Waals surface area contributed by atoms with Gasteiger partial charge in [0.05, 0.1) is 35.8 Å². The topological polar surface area (TPSA) is 122 Å². The molecule has 9 nitrogen and oxygen atoms in total. The first-order valence-corrected chi connectivity index (χ1v) is 14.7. The Morgan fingerprint density at radius 2 is 1.84 bits per heavy atom. The van der Waals surface area contributed by atoms with E-state index >= 15 is 0 Å². The number of hydrogen-bond donors (Lipinski definition) is 0. The smallest absolute Gasteiger partial charge is 0.272 e. The quantitative estimate of drug-likeness (QED) is 0.327. The number of carboxylic acid groups (broad SMARTS) is 1. The molecule has 7 rings (SSSR count). The molecule has 2 fully saturated rings. The molecule has 9 heteroatoms. The Hall–Kier alpha value is -4.79. The fourth-order valence-corrected chi connectivity index (χ4v) is 6.30. The van der Waals surface area contributed by atoms with Gasteiger partial charge in [0.15, 0.2) is 5.78 Å². The number of fused-ring (bicyclic) bond motifs is 2. The van der Waals surface area contributed by atoms with Gasteiger partial charge in [-0.1, -0.05) is 18.2 Å². The van der Waals surface area contributed by atoms with Gasteiger partial charge in [-0.3, -0.25) is 14.6 Å². The van der Waals surface area contributed by atoms with Gasteiger partial charge in [-0.2, -0.15) is 0 Å². The Morgan fingerprint density at radius 3 is 2.58 bits per heavy atom. The summed E-state index contributed by atoms with van der Waals surface area (Å²) >= 11 is 0. The van der Waals surface area contributed by atoms with Gasteiger partial charge in [-0.15, -0.1) is 0 Å². The number of benzene rings is 2. The molecule has 0 bridgehead atoms. The van der Waals surface area contributed by atoms with Gasteiger partial charge in [0.2, 0.25) is 0 Å². The zero-order valence-electron chi connectivity index (χ0n) is 23.8. The van der Waals surface area contributed by atoms with Crippen molar-refractivity contribution in [2.75, 3.05) is 19.7 Å². The number of carbonyl (C=O) groups excluding carboxylic acids is 3. The highest BCUT2D eigenvalue weighted by atomic mass is 16.5. The Bertz CT molecular complexity index is 1790. The van der Waals surface area contributed by atoms with E-state index in [0.717, 1.165) is 23.7 Å². The summed E-state index contributed by atoms with van der Waals surface area (Å²) in [6, 6.07) is 16.3. The van der Waals surface area contributed by atoms with Crippen LogP contribution in [-0.2, 0) is 0 Å². The van der Waals surface area contributed by atoms with Crippen LogP contribution in [0.25, 0.3) is 22.0 Å². The molecule has 4 heterocycles. The fraction of sp³-hybridized carbons (Fsp3) is 0.324. The zero-order chi connectivity index (χ0) is 29.7. The van der Waals surface area contributed by atoms with Crippen LogP contribution < -0.4 is 14.6 Å². The molecule has 1 saturated carbocycles. The van der Waals surface area contributed by atoms with Gasteiger partial charge >= 0.3 is 0 Å². The highest BCUT2D eigenvalue weighted by Gasteiger charge is 2.44. The number of ketones is 1. The van der Waals surface area contributed by atoms with Gasteiger partial charge in [0, 0.05) is 43.6 Å². The third-order valence-electron chi connectivity index (χ3n) is 8.72. The molecule has 1 aliphatic carbocycles. The molecule has 1 saturated heterocycles. The van der Waals surface area contributed by atoms with E-state index in [9.17, 15) is 19.5 Å². The first-order chi connectivity index (χ1) is 20.8. The second kappa shape index (κ2) is 10.5. The van der Waals surface area contributed by atoms with Crippen LogP contribution in [0.3, 0.4) is 0 Å². The summed E-state index contributed by atoms with van der Waals surface area (Å²) in [7, 11) is 0. The summed E-state index contributed by atoms with van der Waals surface area (Å²) in [4.78, 5) is 48.8. The lowest BCUT2D eigenvalue weighted by atomic mass is 9.82. The molecule has 0 radical (unpaired) electrons. The third-order valence-corrected chi connectivity index (χ3v) is 8.72. The van der Waals surface area contributed by atoms with Gasteiger partial charge in [0.1, 0.15) is 22.8 Å². The Kier molecular flexibility index (Phi) is 6.60. The first-order valence-electron chi connectivity index (χ1n) is 14.7. The molecular weight excluding hydrogens is 546 g/mol. The summed E-state index contributed by atoms with van der Waals surface area (Å²) in [5.74, 6) is 0.104. The summed E-state index contributed by atoms with van der Waals surface area (Å²) in [5, 5.41) is 12.2. The number of likely N-dealkylation sites (tertiary alicyclic amines) is 1. The number of Topliss-reactive ketones (excluding diaryl/α,β-unsaturated/α-hetero) is 1. The highest BCUT2D eigenvalue weighted by Crippen LogP contribution is 2.44. The second-order valence-corrected chi connectivity index (χ2v) is 11.6. The minimum absolute atomic E-state index is 0.0396. The van der Waals surface area contributed by atoms with Gasteiger partial charge in [0.25, 0.3) is 5.91 Å². The van der Waals surface area contributed by atoms with Crippen LogP contribution in [0.15, 0.2) is 60.8 Å². The number of carbonyl (C=O) groups is 3. The van der Waals surface area contributed by atoms with Gasteiger partial charge < -0.3 is 24.3 Å². The lowest BCUT2D eigenvalue weighted by molar-refractivity contribution is -0.255. The van der Waals surface area contributed by atoms with Gasteiger partial charge in [-0.05, 0) is 72.7 Å². The number of nitrogens with zero attached hydrogens (tertiary/aromatic N) is 3. The van der Waals surface area contributed by atoms with E-state index in [0.29, 0.717) is 72.3 Å². The van der Waals surface area contributed by atoms with Crippen LogP contribution in [-0.4, -0.2) is 57.8 Å². The minimum atomic E-state index is -1.36. The highest BCUT2D eigenvalue weighted by molar-refractivity contribution is 6.02. The fourth-order valence-electron chi connectivity index (χ4n) is 6.30. The van der Waals surface area contributed by atoms with Gasteiger partial charge in [-0.25, -0.2) is 4.98 Å². The maximum Gasteiger partial charge on any atom is 0.272 e. The van der Waals surface area contributed by atoms with Crippen LogP contribution in [0.4, 0.5) is 0 Å². The van der Waals surface area contributed by atoms with Crippen LogP contribution in [0.5, 0.6) is 11.5 Å². The van der Waals surface area contributed by atoms with Crippen molar-refractivity contribution in [3.05, 3.63) is 83.3 Å². The van der Waals surface area contributed by atoms with Crippen molar-refractivity contribution in [1.82, 2.24) is 14.9 Å². The van der Waals surface area contributed by atoms with Crippen LogP contribution in [0, 0.1) is 0 Å². The van der Waals surface area contributed by atoms with Crippen molar-refractivity contribution in [3.8, 4) is 22.6 Å². The van der Waals surface area contributed by atoms with Crippen LogP contribution in [0.2, 0.25) is 0 Å². The lowest BCUT2D eigenvalue weighted by Gasteiger charge is -2.44. The van der Waals surface area contributed by atoms with Crippen molar-refractivity contribution >= 4 is 28.6 Å². The predicted molar refractivity (Wildman–Crippen MR) is 156 cm³/mol. The van der Waals surface area contributed by atoms with Crippen molar-refractivity contribution in [2.45, 2.75) is 50.5 Å². The maximum absolute atomic E-state index is 13.7. The molecule has 0 atom stereocenters. The number of ether oxygens (including phenoxy) is 2. The molecule has 0 unspecified atom stereocenters. The number of rotatable bonds is 6. The van der Waals surface area contributed by atoms with E-state index in [4.69, 9.17) is 14.5 Å². The van der Waals surface area contributed by atoms with Crippen molar-refractivity contribution < 1.29 is 29.0 Å². The molecule has 2 aromatic heterocycles. The number of amides is 1. The van der Waals surface area contributed by atoms with Crippen molar-refractivity contribution in [3.63, 3.8) is 0 Å². The molecule has 1 spiro atoms. The maximum atomic E-state index is 13.7. The van der Waals surface area contributed by atoms with E-state index in [-0.39, 0.29) is 23.8 Å². The molecule has 0 N–H and O–H groups in total. The SMILES string of the molecule is CCOc1cc(C(=O)N2CCC3(CC2)CC(=O)c2cc(-c4ccnc(C(=O)[O-])c4)ccc2O3)nc2c(C3CC3)cccc12. The standard InChI is InChI=1S/C34H31N3O6/c1-2-42-30-18-26(36-31-23(20-6-7-20)4-3-5-24(30)31)32(39)37-14-11-34(12-15-37)19-28(38)25-16-21(8-9-29(25)43-34)22-10-13-35-27(17-22)33(40)41/h3-5,8-10,13,16-18,20H,2,6-7,11-12,14-15,19H2,1H3,(H,40,41)/p-1. The molecule has 218 valence electrons. The minimum Gasteiger partial charge on any atom is -0.543 e. The third kappa shape index (κ3) is 4.98. The van der Waals surface area contributed by atoms with Crippen LogP contribution in [0.1, 0.15) is 81.8 Å². The number of para-hydroxylation sites is 1. The summed E-state index contributed by atoms with van der Waals surface area (Å²) in [6.45, 7) is 3.30. The molecule has 1 amide bonds. The predicted octanol–water partition coefficient (Wildman–Crippen LogP) is 4.58. The normalized spacial score (nSPS) is 17.4. The number of hydrogen-bond acceptors (Lipinski definition) is 8. The Labute approximate surface area is 248 Å². The Balaban J connectivity index is 1.10. The van der Waals surface area contributed by atoms with E-state index in [1.54, 1.807) is 35.2 Å². The molecular formula is C34H30N3O6-. The van der Waals surface area contributed by atoms with E-state index in [1.165, 1.54) is 17.8 Å². The van der Waals surface area contributed by atoms with Crippen molar-refractivity contribution in [1.29, 1.82) is 0 Å². The number of aromatic carboxylic acids is 1. The summed E-state index contributed by atoms with van der Waals surface area (Å²) < 4.78 is 12.4. The number of pyridine rings is 2. The average Bonchev–Trinajstić information content (AvgIpc) is 3.86. The largest absolute Gasteiger partial charge is 0.543 e. The number of carboxylic acids is 1. The van der Waals surface area contributed by atoms with E-state index < -0.39 is 11.6 Å². The molecule has 2 aromatic carbocycles. The molecule has 2 aliphatic heterocycles. The average molecular weight is 577 g/mol. The zero-order valence-corrected chi connectivity index (χ0v) is 23.8. The Morgan fingerprint density at radius 1 is 1.05 bits per heavy atom. The second-order valence-electron chi connectivity index (χ2n) is 11.6. The molecule has 4 aromatic rings. The number of piperidine rings is 1. The monoisotopic (exact) mass is 576 g/mol. The van der Waals surface area contributed by atoms with E-state index in [2.05, 4.69) is 11.1 Å². The summed E-state index contributed by atoms with van der Waals surface area (Å²) in [6.07, 6.45) is 4.91. The first kappa shape index (κ1) is 27.1. The van der Waals surface area contributed by atoms with E-state index in [1.807, 2.05) is 19.1 Å². The lowest BCUT2D eigenvalue weighted by Crippen LogP contribution is -2.52. The van der Waals surface area contributed by atoms with Crippen LogP contribution >= 0.6 is 0 Å². The molecule has 3 aliphatic rings. The van der Waals surface area contributed by atoms with Crippen molar-refractivity contribution in [2.24, 2.45) is 0 Å². The number of aromatic nitrogens is 2. The summed E-state index contributed by atoms with van der Waals surface area (Å²) in [5.41, 5.74) is 3.30. The molecule has 43 heavy (non-hydrogen) atoms.